The van der Waals surface area contributed by atoms with Gasteiger partial charge in [-0.2, -0.15) is 0 Å². The smallest absolute Gasteiger partial charge is 0.206 e. The van der Waals surface area contributed by atoms with Gasteiger partial charge in [-0.1, -0.05) is 6.07 Å². The first-order valence-corrected chi connectivity index (χ1v) is 5.51. The number of rotatable bonds is 5. The number of nitrogens with zero attached hydrogens (tertiary/aromatic N) is 1. The number of guanidine groups is 1. The van der Waals surface area contributed by atoms with Crippen LogP contribution in [-0.2, 0) is 11.3 Å². The predicted molar refractivity (Wildman–Crippen MR) is 62.7 cm³/mol. The molecule has 1 aromatic rings. The van der Waals surface area contributed by atoms with Crippen LogP contribution in [0.15, 0.2) is 22.5 Å². The molecule has 0 aliphatic rings. The van der Waals surface area contributed by atoms with E-state index in [1.54, 1.807) is 18.4 Å². The van der Waals surface area contributed by atoms with Gasteiger partial charge in [0, 0.05) is 18.5 Å². The molecular weight excluding hydrogens is 212 g/mol. The molecule has 0 aliphatic carbocycles. The highest BCUT2D eigenvalue weighted by molar-refractivity contribution is 7.09. The Hall–Kier alpha value is -1.11. The van der Waals surface area contributed by atoms with Gasteiger partial charge in [0.2, 0.25) is 5.96 Å². The first kappa shape index (κ1) is 12.0. The van der Waals surface area contributed by atoms with Crippen molar-refractivity contribution in [2.24, 2.45) is 10.8 Å². The predicted octanol–water partition coefficient (Wildman–Crippen LogP) is 0.303. The van der Waals surface area contributed by atoms with Gasteiger partial charge in [-0.05, 0) is 11.4 Å². The lowest BCUT2D eigenvalue weighted by Gasteiger charge is -2.07. The molecule has 0 spiro atoms. The number of hydrogen-bond donors (Lipinski definition) is 3. The standard InChI is InChI=1S/C9H16N4OS/c1-14-5-4-11-9(13-10)12-7-8-3-2-6-15-8/h2-3,6H,4-5,7,10H2,1H3,(H2,11,12,13). The zero-order chi connectivity index (χ0) is 10.9. The van der Waals surface area contributed by atoms with Gasteiger partial charge in [-0.25, -0.2) is 10.8 Å². The third kappa shape index (κ3) is 4.78. The number of methoxy groups -OCH3 is 1. The third-order valence-electron chi connectivity index (χ3n) is 1.71. The molecule has 4 N–H and O–H groups in total. The van der Waals surface area contributed by atoms with Crippen molar-refractivity contribution in [3.8, 4) is 0 Å². The van der Waals surface area contributed by atoms with E-state index in [0.717, 1.165) is 0 Å². The molecule has 0 aromatic carbocycles. The Bertz CT molecular complexity index is 286. The van der Waals surface area contributed by atoms with Crippen molar-refractivity contribution < 1.29 is 4.74 Å². The highest BCUT2D eigenvalue weighted by atomic mass is 32.1. The van der Waals surface area contributed by atoms with E-state index in [0.29, 0.717) is 25.7 Å². The molecule has 0 saturated heterocycles. The molecule has 1 rings (SSSR count). The van der Waals surface area contributed by atoms with E-state index in [4.69, 9.17) is 10.6 Å². The molecule has 0 fully saturated rings. The molecule has 0 saturated carbocycles. The van der Waals surface area contributed by atoms with E-state index in [9.17, 15) is 0 Å². The lowest BCUT2D eigenvalue weighted by molar-refractivity contribution is 0.203. The second-order valence-electron chi connectivity index (χ2n) is 2.81. The van der Waals surface area contributed by atoms with Gasteiger partial charge in [0.05, 0.1) is 13.2 Å². The number of hydrogen-bond acceptors (Lipinski definition) is 4. The fourth-order valence-corrected chi connectivity index (χ4v) is 1.61. The number of aliphatic imine (C=N–C) groups is 1. The summed E-state index contributed by atoms with van der Waals surface area (Å²) in [7, 11) is 1.65. The van der Waals surface area contributed by atoms with E-state index >= 15 is 0 Å². The topological polar surface area (TPSA) is 71.7 Å². The van der Waals surface area contributed by atoms with Crippen LogP contribution in [0, 0.1) is 0 Å². The van der Waals surface area contributed by atoms with Crippen LogP contribution in [0.25, 0.3) is 0 Å². The normalized spacial score (nSPS) is 11.5. The minimum absolute atomic E-state index is 0.584. The van der Waals surface area contributed by atoms with Gasteiger partial charge in [0.1, 0.15) is 0 Å². The number of nitrogens with two attached hydrogens (primary N) is 1. The molecule has 1 aromatic heterocycles. The Kier molecular flexibility index (Phi) is 5.76. The van der Waals surface area contributed by atoms with Crippen LogP contribution in [0.4, 0.5) is 0 Å². The Labute approximate surface area is 93.3 Å². The summed E-state index contributed by atoms with van der Waals surface area (Å²) < 4.78 is 4.90. The van der Waals surface area contributed by atoms with Gasteiger partial charge >= 0.3 is 0 Å². The summed E-state index contributed by atoms with van der Waals surface area (Å²) in [6.07, 6.45) is 0. The third-order valence-corrected chi connectivity index (χ3v) is 2.57. The molecule has 0 amide bonds. The van der Waals surface area contributed by atoms with Gasteiger partial charge in [0.25, 0.3) is 0 Å². The van der Waals surface area contributed by atoms with Crippen molar-refractivity contribution >= 4 is 17.3 Å². The lowest BCUT2D eigenvalue weighted by atomic mass is 10.5. The second kappa shape index (κ2) is 7.22. The first-order chi connectivity index (χ1) is 7.36. The zero-order valence-corrected chi connectivity index (χ0v) is 9.51. The highest BCUT2D eigenvalue weighted by Gasteiger charge is 1.95. The molecule has 6 heteroatoms. The van der Waals surface area contributed by atoms with Crippen LogP contribution >= 0.6 is 11.3 Å². The van der Waals surface area contributed by atoms with Crippen molar-refractivity contribution in [1.29, 1.82) is 0 Å². The monoisotopic (exact) mass is 228 g/mol. The molecule has 15 heavy (non-hydrogen) atoms. The highest BCUT2D eigenvalue weighted by Crippen LogP contribution is 2.08. The maximum atomic E-state index is 5.31. The molecule has 0 aliphatic heterocycles. The van der Waals surface area contributed by atoms with Crippen LogP contribution in [0.3, 0.4) is 0 Å². The number of hydrazine groups is 1. The van der Waals surface area contributed by atoms with Crippen LogP contribution in [-0.4, -0.2) is 26.2 Å². The van der Waals surface area contributed by atoms with Crippen LogP contribution in [0.1, 0.15) is 4.88 Å². The Morgan fingerprint density at radius 3 is 3.13 bits per heavy atom. The van der Waals surface area contributed by atoms with Crippen molar-refractivity contribution in [2.45, 2.75) is 6.54 Å². The molecule has 0 radical (unpaired) electrons. The quantitative estimate of drug-likeness (QED) is 0.223. The summed E-state index contributed by atoms with van der Waals surface area (Å²) in [5, 5.41) is 5.05. The zero-order valence-electron chi connectivity index (χ0n) is 8.69. The average Bonchev–Trinajstić information content (AvgIpc) is 2.76. The second-order valence-corrected chi connectivity index (χ2v) is 3.84. The molecular formula is C9H16N4OS. The minimum atomic E-state index is 0.584. The molecule has 0 bridgehead atoms. The van der Waals surface area contributed by atoms with Gasteiger partial charge in [0.15, 0.2) is 0 Å². The van der Waals surface area contributed by atoms with Gasteiger partial charge < -0.3 is 10.1 Å². The SMILES string of the molecule is COCCNC(=NCc1cccs1)NN. The summed E-state index contributed by atoms with van der Waals surface area (Å²) in [6.45, 7) is 1.95. The van der Waals surface area contributed by atoms with Crippen LogP contribution in [0.5, 0.6) is 0 Å². The van der Waals surface area contributed by atoms with Gasteiger partial charge in [-0.15, -0.1) is 11.3 Å². The van der Waals surface area contributed by atoms with Crippen LogP contribution in [0.2, 0.25) is 0 Å². The van der Waals surface area contributed by atoms with E-state index in [1.165, 1.54) is 4.88 Å². The Balaban J connectivity index is 2.33. The van der Waals surface area contributed by atoms with E-state index in [-0.39, 0.29) is 0 Å². The largest absolute Gasteiger partial charge is 0.383 e. The van der Waals surface area contributed by atoms with E-state index in [1.807, 2.05) is 17.5 Å². The van der Waals surface area contributed by atoms with Crippen molar-refractivity contribution in [3.05, 3.63) is 22.4 Å². The van der Waals surface area contributed by atoms with Crippen molar-refractivity contribution in [1.82, 2.24) is 10.7 Å². The molecule has 1 heterocycles. The Morgan fingerprint density at radius 2 is 2.53 bits per heavy atom. The summed E-state index contributed by atoms with van der Waals surface area (Å²) in [5.41, 5.74) is 2.51. The average molecular weight is 228 g/mol. The van der Waals surface area contributed by atoms with E-state index in [2.05, 4.69) is 15.7 Å². The summed E-state index contributed by atoms with van der Waals surface area (Å²) >= 11 is 1.68. The fourth-order valence-electron chi connectivity index (χ4n) is 0.984. The molecule has 84 valence electrons. The summed E-state index contributed by atoms with van der Waals surface area (Å²) in [4.78, 5) is 5.49. The minimum Gasteiger partial charge on any atom is -0.383 e. The number of ether oxygens (including phenoxy) is 1. The van der Waals surface area contributed by atoms with E-state index < -0.39 is 0 Å². The summed E-state index contributed by atoms with van der Waals surface area (Å²) in [6, 6.07) is 4.04. The molecule has 5 nitrogen and oxygen atoms in total. The molecule has 0 atom stereocenters. The summed E-state index contributed by atoms with van der Waals surface area (Å²) in [5.74, 6) is 5.90. The number of thiophene rings is 1. The van der Waals surface area contributed by atoms with Crippen molar-refractivity contribution in [3.63, 3.8) is 0 Å². The fraction of sp³-hybridized carbons (Fsp3) is 0.444. The maximum Gasteiger partial charge on any atom is 0.206 e. The lowest BCUT2D eigenvalue weighted by Crippen LogP contribution is -2.42. The van der Waals surface area contributed by atoms with Crippen LogP contribution < -0.4 is 16.6 Å². The number of nitrogens with one attached hydrogen (secondary N) is 2. The van der Waals surface area contributed by atoms with Gasteiger partial charge in [-0.3, -0.25) is 5.43 Å². The molecule has 0 unspecified atom stereocenters. The Morgan fingerprint density at radius 1 is 1.67 bits per heavy atom. The first-order valence-electron chi connectivity index (χ1n) is 4.63. The maximum absolute atomic E-state index is 5.31. The van der Waals surface area contributed by atoms with Crippen molar-refractivity contribution in [2.75, 3.05) is 20.3 Å².